The van der Waals surface area contributed by atoms with Crippen LogP contribution in [0.4, 0.5) is 4.39 Å². The number of sulfonamides is 1. The van der Waals surface area contributed by atoms with Crippen LogP contribution in [0.2, 0.25) is 0 Å². The van der Waals surface area contributed by atoms with Gasteiger partial charge in [-0.3, -0.25) is 4.79 Å². The Morgan fingerprint density at radius 2 is 1.70 bits per heavy atom. The Balaban J connectivity index is 1.42. The van der Waals surface area contributed by atoms with Gasteiger partial charge in [-0.25, -0.2) is 12.8 Å². The summed E-state index contributed by atoms with van der Waals surface area (Å²) in [5, 5.41) is 13.4. The zero-order valence-corrected chi connectivity index (χ0v) is 24.1. The van der Waals surface area contributed by atoms with Gasteiger partial charge in [0.05, 0.1) is 12.6 Å². The summed E-state index contributed by atoms with van der Waals surface area (Å²) in [7, 11) is -4.21. The summed E-state index contributed by atoms with van der Waals surface area (Å²) in [5.41, 5.74) is 3.16. The van der Waals surface area contributed by atoms with Crippen LogP contribution >= 0.6 is 0 Å². The zero-order chi connectivity index (χ0) is 30.0. The minimum absolute atomic E-state index is 0.0376. The molecule has 0 fully saturated rings. The number of halogens is 1. The van der Waals surface area contributed by atoms with Crippen molar-refractivity contribution in [2.45, 2.75) is 36.6 Å². The van der Waals surface area contributed by atoms with Gasteiger partial charge in [-0.1, -0.05) is 36.4 Å². The molecule has 222 valence electrons. The number of nitrogens with one attached hydrogen (secondary N) is 1. The molecule has 0 saturated carbocycles. The van der Waals surface area contributed by atoms with Gasteiger partial charge >= 0.3 is 0 Å². The fourth-order valence-corrected chi connectivity index (χ4v) is 7.20. The van der Waals surface area contributed by atoms with E-state index in [0.29, 0.717) is 55.9 Å². The molecule has 43 heavy (non-hydrogen) atoms. The first-order chi connectivity index (χ1) is 20.8. The second-order valence-electron chi connectivity index (χ2n) is 10.6. The Hall–Kier alpha value is -4.41. The first-order valence-corrected chi connectivity index (χ1v) is 15.6. The molecule has 1 atom stereocenters. The molecule has 1 amide bonds. The van der Waals surface area contributed by atoms with E-state index in [0.717, 1.165) is 22.8 Å². The van der Waals surface area contributed by atoms with Crippen LogP contribution in [0.25, 0.3) is 0 Å². The number of carbonyl (C=O) groups excluding carboxylic acids is 1. The van der Waals surface area contributed by atoms with Gasteiger partial charge in [0.15, 0.2) is 11.5 Å². The maximum Gasteiger partial charge on any atom is 0.246 e. The van der Waals surface area contributed by atoms with Gasteiger partial charge in [0.2, 0.25) is 15.9 Å². The van der Waals surface area contributed by atoms with E-state index in [1.165, 1.54) is 22.5 Å². The topological polar surface area (TPSA) is 105 Å². The van der Waals surface area contributed by atoms with E-state index in [4.69, 9.17) is 9.47 Å². The molecule has 0 aromatic heterocycles. The number of aryl methyl sites for hydroxylation is 1. The highest BCUT2D eigenvalue weighted by Crippen LogP contribution is 2.42. The van der Waals surface area contributed by atoms with Crippen LogP contribution in [-0.4, -0.2) is 43.4 Å². The smallest absolute Gasteiger partial charge is 0.246 e. The minimum Gasteiger partial charge on any atom is -0.504 e. The summed E-state index contributed by atoms with van der Waals surface area (Å²) in [6.07, 6.45) is 1.75. The van der Waals surface area contributed by atoms with E-state index in [9.17, 15) is 22.7 Å². The van der Waals surface area contributed by atoms with E-state index >= 15 is 0 Å². The molecule has 0 saturated heterocycles. The molecule has 1 unspecified atom stereocenters. The van der Waals surface area contributed by atoms with Crippen molar-refractivity contribution in [3.05, 3.63) is 113 Å². The van der Waals surface area contributed by atoms with Crippen molar-refractivity contribution >= 4 is 15.9 Å². The normalized spacial score (nSPS) is 17.8. The number of ether oxygens (including phenoxy) is 2. The minimum atomic E-state index is -4.21. The Morgan fingerprint density at radius 3 is 2.51 bits per heavy atom. The highest BCUT2D eigenvalue weighted by Gasteiger charge is 2.38. The first-order valence-electron chi connectivity index (χ1n) is 14.2. The molecule has 4 aliphatic rings. The van der Waals surface area contributed by atoms with Crippen LogP contribution in [0, 0.1) is 5.82 Å². The van der Waals surface area contributed by atoms with Gasteiger partial charge in [0.25, 0.3) is 0 Å². The predicted octanol–water partition coefficient (Wildman–Crippen LogP) is 5.49. The predicted molar refractivity (Wildman–Crippen MR) is 158 cm³/mol. The molecule has 8 nitrogen and oxygen atoms in total. The molecule has 8 rings (SSSR count). The highest BCUT2D eigenvalue weighted by molar-refractivity contribution is 7.89. The van der Waals surface area contributed by atoms with E-state index in [-0.39, 0.29) is 28.8 Å². The standard InChI is InChI=1S/C33H31FN2O6S/c34-28-4-1-2-5-31(28)43(39,40)36-18-16-24-21-26-12-13-27(24)33(36)23-8-10-25(11-9-23)41-19-3-17-35-32(38)15-7-22-6-14-29(37)30(20-22)42-26/h1-2,4-6,8-14,20-21,33,37H,3,7,15-19H2,(H,35,38). The number of fused-ring (bicyclic) bond motifs is 1. The Morgan fingerprint density at radius 1 is 0.907 bits per heavy atom. The summed E-state index contributed by atoms with van der Waals surface area (Å²) in [6, 6.07) is 22.3. The monoisotopic (exact) mass is 602 g/mol. The van der Waals surface area contributed by atoms with Gasteiger partial charge in [-0.15, -0.1) is 0 Å². The number of hydrogen-bond acceptors (Lipinski definition) is 6. The van der Waals surface area contributed by atoms with E-state index in [2.05, 4.69) is 5.32 Å². The second-order valence-corrected chi connectivity index (χ2v) is 12.4. The molecule has 4 aromatic carbocycles. The van der Waals surface area contributed by atoms with Gasteiger partial charge in [0.1, 0.15) is 22.2 Å². The molecule has 8 bridgehead atoms. The average Bonchev–Trinajstić information content (AvgIpc) is 3.00. The van der Waals surface area contributed by atoms with Gasteiger partial charge < -0.3 is 19.9 Å². The van der Waals surface area contributed by atoms with E-state index in [1.54, 1.807) is 36.4 Å². The third-order valence-electron chi connectivity index (χ3n) is 7.72. The number of nitrogens with zero attached hydrogens (tertiary/aromatic N) is 1. The van der Waals surface area contributed by atoms with Crippen LogP contribution in [0.1, 0.15) is 41.1 Å². The zero-order valence-electron chi connectivity index (χ0n) is 23.3. The number of phenols is 1. The maximum atomic E-state index is 14.8. The van der Waals surface area contributed by atoms with Crippen LogP contribution in [0.5, 0.6) is 23.0 Å². The third kappa shape index (κ3) is 6.07. The van der Waals surface area contributed by atoms with Crippen molar-refractivity contribution in [3.8, 4) is 23.0 Å². The van der Waals surface area contributed by atoms with Crippen molar-refractivity contribution < 1.29 is 32.2 Å². The highest BCUT2D eigenvalue weighted by atomic mass is 32.2. The number of phenolic OH excluding ortho intramolecular Hbond substituents is 1. The quantitative estimate of drug-likeness (QED) is 0.314. The number of rotatable bonds is 2. The number of amides is 1. The lowest BCUT2D eigenvalue weighted by atomic mass is 9.89. The molecule has 2 N–H and O–H groups in total. The van der Waals surface area contributed by atoms with Crippen molar-refractivity contribution in [1.29, 1.82) is 0 Å². The summed E-state index contributed by atoms with van der Waals surface area (Å²) in [4.78, 5) is 12.0. The molecule has 0 spiro atoms. The van der Waals surface area contributed by atoms with E-state index < -0.39 is 21.9 Å². The van der Waals surface area contributed by atoms with E-state index in [1.807, 2.05) is 24.3 Å². The van der Waals surface area contributed by atoms with Crippen LogP contribution in [0.3, 0.4) is 0 Å². The van der Waals surface area contributed by atoms with Crippen LogP contribution in [0.15, 0.2) is 89.8 Å². The van der Waals surface area contributed by atoms with Crippen molar-refractivity contribution in [3.63, 3.8) is 0 Å². The number of aromatic hydroxyl groups is 1. The summed E-state index contributed by atoms with van der Waals surface area (Å²) < 4.78 is 55.8. The molecular weight excluding hydrogens is 571 g/mol. The molecule has 4 aliphatic heterocycles. The van der Waals surface area contributed by atoms with Crippen LogP contribution < -0.4 is 14.8 Å². The largest absolute Gasteiger partial charge is 0.504 e. The Labute approximate surface area is 249 Å². The van der Waals surface area contributed by atoms with Crippen molar-refractivity contribution in [1.82, 2.24) is 9.62 Å². The SMILES string of the molecule is O=C1CCc2ccc(O)c(c2)Oc2ccc3c(c2)CCN(S(=O)(=O)c2ccccc2F)C3c2ccc(cc2)OCCCN1. The molecule has 4 heterocycles. The second kappa shape index (κ2) is 12.1. The lowest BCUT2D eigenvalue weighted by Gasteiger charge is -2.37. The van der Waals surface area contributed by atoms with Crippen LogP contribution in [-0.2, 0) is 27.7 Å². The number of hydrogen-bond donors (Lipinski definition) is 2. The van der Waals surface area contributed by atoms with Gasteiger partial charge in [0, 0.05) is 19.5 Å². The molecule has 4 aromatic rings. The van der Waals surface area contributed by atoms with Gasteiger partial charge in [-0.05, 0) is 90.0 Å². The van der Waals surface area contributed by atoms with Crippen molar-refractivity contribution in [2.75, 3.05) is 19.7 Å². The fourth-order valence-electron chi connectivity index (χ4n) is 5.53. The summed E-state index contributed by atoms with van der Waals surface area (Å²) >= 11 is 0. The molecule has 10 heteroatoms. The molecule has 0 aliphatic carbocycles. The number of carbonyl (C=O) groups is 1. The van der Waals surface area contributed by atoms with Gasteiger partial charge in [-0.2, -0.15) is 4.31 Å². The lowest BCUT2D eigenvalue weighted by molar-refractivity contribution is -0.121. The Kier molecular flexibility index (Phi) is 8.05. The van der Waals surface area contributed by atoms with Crippen molar-refractivity contribution in [2.24, 2.45) is 0 Å². The maximum absolute atomic E-state index is 14.8. The Bertz CT molecular complexity index is 1760. The summed E-state index contributed by atoms with van der Waals surface area (Å²) in [5.74, 6) is 0.426. The fraction of sp³-hybridized carbons (Fsp3) is 0.242. The average molecular weight is 603 g/mol. The third-order valence-corrected chi connectivity index (χ3v) is 9.62. The first kappa shape index (κ1) is 28.7. The number of benzene rings is 4. The summed E-state index contributed by atoms with van der Waals surface area (Å²) in [6.45, 7) is 0.974. The molecule has 0 radical (unpaired) electrons. The lowest BCUT2D eigenvalue weighted by Crippen LogP contribution is -2.40. The molecular formula is C33H31FN2O6S.